The molecule has 0 aromatic carbocycles. The van der Waals surface area contributed by atoms with Crippen LogP contribution in [0.3, 0.4) is 0 Å². The molecule has 1 aliphatic rings. The predicted octanol–water partition coefficient (Wildman–Crippen LogP) is 0.0342. The number of nitrogens with one attached hydrogen (secondary N) is 1. The van der Waals surface area contributed by atoms with Crippen LogP contribution in [-0.2, 0) is 0 Å². The quantitative estimate of drug-likeness (QED) is 0.782. The van der Waals surface area contributed by atoms with Gasteiger partial charge in [0.15, 0.2) is 0 Å². The van der Waals surface area contributed by atoms with Crippen LogP contribution < -0.4 is 5.32 Å². The molecule has 6 nitrogen and oxygen atoms in total. The maximum atomic E-state index is 12.0. The van der Waals surface area contributed by atoms with Gasteiger partial charge in [-0.15, -0.1) is 10.2 Å². The summed E-state index contributed by atoms with van der Waals surface area (Å²) in [7, 11) is 1.74. The first-order chi connectivity index (χ1) is 7.74. The van der Waals surface area contributed by atoms with Crippen LogP contribution in [0.1, 0.15) is 16.2 Å². The number of hydrogen-bond acceptors (Lipinski definition) is 6. The molecule has 88 valence electrons. The molecule has 16 heavy (non-hydrogen) atoms. The van der Waals surface area contributed by atoms with E-state index in [2.05, 4.69) is 15.5 Å². The fourth-order valence-corrected chi connectivity index (χ4v) is 2.38. The Hall–Kier alpha value is -1.21. The van der Waals surface area contributed by atoms with E-state index in [1.807, 2.05) is 0 Å². The Kier molecular flexibility index (Phi) is 3.35. The van der Waals surface area contributed by atoms with Crippen molar-refractivity contribution in [2.45, 2.75) is 6.42 Å². The van der Waals surface area contributed by atoms with Crippen molar-refractivity contribution in [3.63, 3.8) is 0 Å². The van der Waals surface area contributed by atoms with E-state index < -0.39 is 0 Å². The SMILES string of the molecule is CNc1nnc(C(=O)N2CCC(CO)C2)s1. The highest BCUT2D eigenvalue weighted by Gasteiger charge is 2.28. The second-order valence-electron chi connectivity index (χ2n) is 3.75. The third-order valence-electron chi connectivity index (χ3n) is 2.65. The molecular formula is C9H14N4O2S. The number of amides is 1. The van der Waals surface area contributed by atoms with E-state index in [1.54, 1.807) is 11.9 Å². The lowest BCUT2D eigenvalue weighted by atomic mass is 10.1. The summed E-state index contributed by atoms with van der Waals surface area (Å²) < 4.78 is 0. The Morgan fingerprint density at radius 2 is 2.50 bits per heavy atom. The number of hydrogen-bond donors (Lipinski definition) is 2. The summed E-state index contributed by atoms with van der Waals surface area (Å²) in [6.45, 7) is 1.45. The third-order valence-corrected chi connectivity index (χ3v) is 3.58. The van der Waals surface area contributed by atoms with Crippen LogP contribution in [-0.4, -0.2) is 52.9 Å². The molecule has 1 aromatic rings. The van der Waals surface area contributed by atoms with E-state index in [4.69, 9.17) is 5.11 Å². The number of aliphatic hydroxyl groups excluding tert-OH is 1. The average Bonchev–Trinajstić information content (AvgIpc) is 2.97. The van der Waals surface area contributed by atoms with E-state index in [1.165, 1.54) is 11.3 Å². The summed E-state index contributed by atoms with van der Waals surface area (Å²) in [5.74, 6) is 0.121. The van der Waals surface area contributed by atoms with Gasteiger partial charge in [0.1, 0.15) is 0 Å². The molecule has 2 rings (SSSR count). The molecule has 0 spiro atoms. The van der Waals surface area contributed by atoms with Gasteiger partial charge in [-0.3, -0.25) is 4.79 Å². The number of aliphatic hydroxyl groups is 1. The van der Waals surface area contributed by atoms with Crippen molar-refractivity contribution in [3.05, 3.63) is 5.01 Å². The van der Waals surface area contributed by atoms with Gasteiger partial charge in [-0.05, 0) is 6.42 Å². The zero-order valence-corrected chi connectivity index (χ0v) is 9.83. The summed E-state index contributed by atoms with van der Waals surface area (Å²) >= 11 is 1.25. The Balaban J connectivity index is 2.02. The van der Waals surface area contributed by atoms with E-state index in [0.717, 1.165) is 6.42 Å². The van der Waals surface area contributed by atoms with Crippen molar-refractivity contribution < 1.29 is 9.90 Å². The molecule has 1 amide bonds. The van der Waals surface area contributed by atoms with Crippen LogP contribution in [0.5, 0.6) is 0 Å². The van der Waals surface area contributed by atoms with Gasteiger partial charge in [-0.25, -0.2) is 0 Å². The minimum Gasteiger partial charge on any atom is -0.396 e. The summed E-state index contributed by atoms with van der Waals surface area (Å²) in [4.78, 5) is 13.7. The molecule has 2 heterocycles. The van der Waals surface area contributed by atoms with E-state index in [-0.39, 0.29) is 18.4 Å². The van der Waals surface area contributed by atoms with Crippen LogP contribution in [0.4, 0.5) is 5.13 Å². The van der Waals surface area contributed by atoms with Crippen molar-refractivity contribution in [2.75, 3.05) is 32.1 Å². The molecule has 1 saturated heterocycles. The van der Waals surface area contributed by atoms with Gasteiger partial charge in [0.25, 0.3) is 5.91 Å². The number of rotatable bonds is 3. The van der Waals surface area contributed by atoms with Gasteiger partial charge in [-0.2, -0.15) is 0 Å². The average molecular weight is 242 g/mol. The molecule has 2 N–H and O–H groups in total. The normalized spacial score (nSPS) is 20.1. The summed E-state index contributed by atoms with van der Waals surface area (Å²) in [6.07, 6.45) is 0.861. The van der Waals surface area contributed by atoms with Crippen molar-refractivity contribution >= 4 is 22.4 Å². The molecule has 0 radical (unpaired) electrons. The number of aromatic nitrogens is 2. The lowest BCUT2D eigenvalue weighted by molar-refractivity contribution is 0.0780. The molecule has 0 aliphatic carbocycles. The number of likely N-dealkylation sites (tertiary alicyclic amines) is 1. The zero-order chi connectivity index (χ0) is 11.5. The topological polar surface area (TPSA) is 78.4 Å². The third kappa shape index (κ3) is 2.14. The fourth-order valence-electron chi connectivity index (χ4n) is 1.71. The van der Waals surface area contributed by atoms with Gasteiger partial charge in [0.2, 0.25) is 10.1 Å². The first kappa shape index (κ1) is 11.3. The largest absolute Gasteiger partial charge is 0.396 e. The first-order valence-corrected chi connectivity index (χ1v) is 5.97. The number of carbonyl (C=O) groups is 1. The number of nitrogens with zero attached hydrogens (tertiary/aromatic N) is 3. The second kappa shape index (κ2) is 4.75. The van der Waals surface area contributed by atoms with E-state index in [9.17, 15) is 4.79 Å². The highest BCUT2D eigenvalue weighted by atomic mass is 32.1. The zero-order valence-electron chi connectivity index (χ0n) is 9.01. The Bertz CT molecular complexity index is 381. The summed E-state index contributed by atoms with van der Waals surface area (Å²) in [5.41, 5.74) is 0. The molecule has 1 fully saturated rings. The number of anilines is 1. The van der Waals surface area contributed by atoms with Crippen LogP contribution in [0.25, 0.3) is 0 Å². The molecule has 1 atom stereocenters. The molecule has 0 bridgehead atoms. The second-order valence-corrected chi connectivity index (χ2v) is 4.73. The Labute approximate surface area is 97.3 Å². The van der Waals surface area contributed by atoms with Gasteiger partial charge >= 0.3 is 0 Å². The smallest absolute Gasteiger partial charge is 0.284 e. The van der Waals surface area contributed by atoms with Crippen LogP contribution in [0.15, 0.2) is 0 Å². The van der Waals surface area contributed by atoms with Gasteiger partial charge < -0.3 is 15.3 Å². The number of carbonyl (C=O) groups excluding carboxylic acids is 1. The maximum absolute atomic E-state index is 12.0. The van der Waals surface area contributed by atoms with Crippen molar-refractivity contribution in [1.82, 2.24) is 15.1 Å². The molecule has 0 saturated carbocycles. The standard InChI is InChI=1S/C9H14N4O2S/c1-10-9-12-11-7(16-9)8(15)13-3-2-6(4-13)5-14/h6,14H,2-5H2,1H3,(H,10,12). The first-order valence-electron chi connectivity index (χ1n) is 5.16. The summed E-state index contributed by atoms with van der Waals surface area (Å²) in [6, 6.07) is 0. The molecule has 7 heteroatoms. The van der Waals surface area contributed by atoms with Gasteiger partial charge in [0.05, 0.1) is 0 Å². The van der Waals surface area contributed by atoms with Crippen LogP contribution >= 0.6 is 11.3 Å². The van der Waals surface area contributed by atoms with Gasteiger partial charge in [0, 0.05) is 32.7 Å². The fraction of sp³-hybridized carbons (Fsp3) is 0.667. The summed E-state index contributed by atoms with van der Waals surface area (Å²) in [5, 5.41) is 20.6. The maximum Gasteiger partial charge on any atom is 0.284 e. The highest BCUT2D eigenvalue weighted by Crippen LogP contribution is 2.21. The monoisotopic (exact) mass is 242 g/mol. The predicted molar refractivity (Wildman–Crippen MR) is 60.6 cm³/mol. The van der Waals surface area contributed by atoms with Crippen LogP contribution in [0, 0.1) is 5.92 Å². The van der Waals surface area contributed by atoms with E-state index in [0.29, 0.717) is 23.2 Å². The lowest BCUT2D eigenvalue weighted by Crippen LogP contribution is -2.29. The minimum atomic E-state index is -0.0880. The van der Waals surface area contributed by atoms with Crippen LogP contribution in [0.2, 0.25) is 0 Å². The van der Waals surface area contributed by atoms with Crippen molar-refractivity contribution in [2.24, 2.45) is 5.92 Å². The Morgan fingerprint density at radius 3 is 3.06 bits per heavy atom. The van der Waals surface area contributed by atoms with Crippen molar-refractivity contribution in [1.29, 1.82) is 0 Å². The molecule has 1 aliphatic heterocycles. The lowest BCUT2D eigenvalue weighted by Gasteiger charge is -2.13. The minimum absolute atomic E-state index is 0.0880. The molecule has 1 aromatic heterocycles. The van der Waals surface area contributed by atoms with Gasteiger partial charge in [-0.1, -0.05) is 11.3 Å². The molecule has 1 unspecified atom stereocenters. The Morgan fingerprint density at radius 1 is 1.69 bits per heavy atom. The molecular weight excluding hydrogens is 228 g/mol. The van der Waals surface area contributed by atoms with E-state index >= 15 is 0 Å². The van der Waals surface area contributed by atoms with Crippen molar-refractivity contribution in [3.8, 4) is 0 Å². The highest BCUT2D eigenvalue weighted by molar-refractivity contribution is 7.17.